The van der Waals surface area contributed by atoms with E-state index in [2.05, 4.69) is 0 Å². The molecule has 0 saturated heterocycles. The molecule has 0 radical (unpaired) electrons. The first-order chi connectivity index (χ1) is 9.69. The fourth-order valence-corrected chi connectivity index (χ4v) is 1.69. The molecule has 112 valence electrons. The maximum Gasteiger partial charge on any atom is 0.310 e. The van der Waals surface area contributed by atoms with Gasteiger partial charge in [0, 0.05) is 32.3 Å². The molecule has 0 spiro atoms. The van der Waals surface area contributed by atoms with Crippen molar-refractivity contribution in [1.29, 1.82) is 0 Å². The lowest BCUT2D eigenvalue weighted by Gasteiger charge is -2.08. The minimum atomic E-state index is -0.479. The lowest BCUT2D eigenvalue weighted by Crippen LogP contribution is -2.09. The maximum absolute atomic E-state index is 10.9. The zero-order valence-corrected chi connectivity index (χ0v) is 12.1. The van der Waals surface area contributed by atoms with Crippen LogP contribution in [0.25, 0.3) is 0 Å². The molecule has 0 saturated carbocycles. The molecule has 1 rings (SSSR count). The summed E-state index contributed by atoms with van der Waals surface area (Å²) in [6.07, 6.45) is 0.804. The molecule has 0 aliphatic heterocycles. The highest BCUT2D eigenvalue weighted by Gasteiger charge is 2.15. The van der Waals surface area contributed by atoms with E-state index in [1.54, 1.807) is 19.2 Å². The number of rotatable bonds is 10. The third-order valence-corrected chi connectivity index (χ3v) is 2.81. The molecule has 0 N–H and O–H groups in total. The van der Waals surface area contributed by atoms with Crippen LogP contribution < -0.4 is 4.74 Å². The van der Waals surface area contributed by atoms with Crippen molar-refractivity contribution in [3.63, 3.8) is 0 Å². The largest absolute Gasteiger partial charge is 0.484 e. The highest BCUT2D eigenvalue weighted by Crippen LogP contribution is 2.28. The van der Waals surface area contributed by atoms with Gasteiger partial charge in [-0.3, -0.25) is 10.1 Å². The number of ether oxygens (including phenoxy) is 3. The maximum atomic E-state index is 10.9. The van der Waals surface area contributed by atoms with Gasteiger partial charge in [-0.2, -0.15) is 0 Å². The second-order valence-corrected chi connectivity index (χ2v) is 4.27. The summed E-state index contributed by atoms with van der Waals surface area (Å²) in [7, 11) is 1.63. The summed E-state index contributed by atoms with van der Waals surface area (Å²) in [6.45, 7) is 1.83. The van der Waals surface area contributed by atoms with Gasteiger partial charge in [-0.1, -0.05) is 6.07 Å². The smallest absolute Gasteiger partial charge is 0.310 e. The summed E-state index contributed by atoms with van der Waals surface area (Å²) in [4.78, 5) is 10.4. The average Bonchev–Trinajstić information content (AvgIpc) is 2.45. The van der Waals surface area contributed by atoms with E-state index < -0.39 is 4.92 Å². The van der Waals surface area contributed by atoms with Gasteiger partial charge in [0.15, 0.2) is 5.75 Å². The number of nitro benzene ring substituents is 1. The second-order valence-electron chi connectivity index (χ2n) is 4.00. The summed E-state index contributed by atoms with van der Waals surface area (Å²) < 4.78 is 15.6. The SMILES string of the molecule is COCCCOCCOc1cc(CCl)ccc1[N+](=O)[O-]. The molecule has 20 heavy (non-hydrogen) atoms. The van der Waals surface area contributed by atoms with Gasteiger partial charge in [0.2, 0.25) is 0 Å². The van der Waals surface area contributed by atoms with Crippen molar-refractivity contribution in [2.75, 3.05) is 33.5 Å². The van der Waals surface area contributed by atoms with Crippen LogP contribution in [0.2, 0.25) is 0 Å². The molecule has 1 aromatic rings. The Morgan fingerprint density at radius 2 is 2.05 bits per heavy atom. The van der Waals surface area contributed by atoms with E-state index >= 15 is 0 Å². The van der Waals surface area contributed by atoms with Gasteiger partial charge < -0.3 is 14.2 Å². The van der Waals surface area contributed by atoms with E-state index in [0.29, 0.717) is 19.8 Å². The first kappa shape index (κ1) is 16.7. The first-order valence-corrected chi connectivity index (χ1v) is 6.75. The first-order valence-electron chi connectivity index (χ1n) is 6.21. The number of halogens is 1. The fraction of sp³-hybridized carbons (Fsp3) is 0.538. The Morgan fingerprint density at radius 1 is 1.25 bits per heavy atom. The van der Waals surface area contributed by atoms with Crippen molar-refractivity contribution >= 4 is 17.3 Å². The number of alkyl halides is 1. The number of hydrogen-bond acceptors (Lipinski definition) is 5. The van der Waals surface area contributed by atoms with Crippen molar-refractivity contribution in [3.05, 3.63) is 33.9 Å². The van der Waals surface area contributed by atoms with Crippen LogP contribution in [0, 0.1) is 10.1 Å². The summed E-state index contributed by atoms with van der Waals surface area (Å²) in [5.41, 5.74) is 0.700. The highest BCUT2D eigenvalue weighted by atomic mass is 35.5. The Kier molecular flexibility index (Phi) is 7.94. The van der Waals surface area contributed by atoms with Crippen LogP contribution in [0.4, 0.5) is 5.69 Å². The van der Waals surface area contributed by atoms with Crippen LogP contribution in [0.1, 0.15) is 12.0 Å². The molecule has 0 fully saturated rings. The predicted octanol–water partition coefficient (Wildman–Crippen LogP) is 2.77. The van der Waals surface area contributed by atoms with E-state index in [0.717, 1.165) is 12.0 Å². The number of nitro groups is 1. The number of methoxy groups -OCH3 is 1. The standard InChI is InChI=1S/C13H18ClNO5/c1-18-5-2-6-19-7-8-20-13-9-11(10-14)3-4-12(13)15(16)17/h3-4,9H,2,5-8,10H2,1H3. The summed E-state index contributed by atoms with van der Waals surface area (Å²) in [5.74, 6) is 0.496. The van der Waals surface area contributed by atoms with Gasteiger partial charge in [-0.05, 0) is 18.1 Å². The molecule has 0 aromatic heterocycles. The zero-order chi connectivity index (χ0) is 14.8. The third-order valence-electron chi connectivity index (χ3n) is 2.50. The van der Waals surface area contributed by atoms with Crippen LogP contribution >= 0.6 is 11.6 Å². The van der Waals surface area contributed by atoms with E-state index in [-0.39, 0.29) is 23.9 Å². The van der Waals surface area contributed by atoms with Crippen LogP contribution in [-0.2, 0) is 15.4 Å². The highest BCUT2D eigenvalue weighted by molar-refractivity contribution is 6.17. The van der Waals surface area contributed by atoms with Gasteiger partial charge in [-0.25, -0.2) is 0 Å². The van der Waals surface area contributed by atoms with Crippen molar-refractivity contribution in [1.82, 2.24) is 0 Å². The van der Waals surface area contributed by atoms with E-state index in [9.17, 15) is 10.1 Å². The van der Waals surface area contributed by atoms with Crippen LogP contribution in [0.5, 0.6) is 5.75 Å². The van der Waals surface area contributed by atoms with E-state index in [1.165, 1.54) is 6.07 Å². The average molecular weight is 304 g/mol. The van der Waals surface area contributed by atoms with E-state index in [4.69, 9.17) is 25.8 Å². The van der Waals surface area contributed by atoms with Crippen molar-refractivity contribution < 1.29 is 19.1 Å². The molecule has 6 nitrogen and oxygen atoms in total. The summed E-state index contributed by atoms with van der Waals surface area (Å²) in [6, 6.07) is 4.59. The molecule has 0 aliphatic carbocycles. The van der Waals surface area contributed by atoms with Crippen molar-refractivity contribution in [3.8, 4) is 5.75 Å². The fourth-order valence-electron chi connectivity index (χ4n) is 1.53. The molecule has 0 heterocycles. The Labute approximate surface area is 122 Å². The predicted molar refractivity (Wildman–Crippen MR) is 75.5 cm³/mol. The molecule has 0 atom stereocenters. The molecule has 0 unspecified atom stereocenters. The van der Waals surface area contributed by atoms with Crippen LogP contribution in [0.3, 0.4) is 0 Å². The summed E-state index contributed by atoms with van der Waals surface area (Å²) >= 11 is 5.70. The molecule has 0 amide bonds. The number of benzene rings is 1. The van der Waals surface area contributed by atoms with Crippen LogP contribution in [-0.4, -0.2) is 38.5 Å². The monoisotopic (exact) mass is 303 g/mol. The van der Waals surface area contributed by atoms with Gasteiger partial charge in [0.1, 0.15) is 6.61 Å². The molecule has 0 aliphatic rings. The quantitative estimate of drug-likeness (QED) is 0.288. The minimum Gasteiger partial charge on any atom is -0.484 e. The Morgan fingerprint density at radius 3 is 2.70 bits per heavy atom. The van der Waals surface area contributed by atoms with Gasteiger partial charge in [0.25, 0.3) is 0 Å². The molecule has 1 aromatic carbocycles. The second kappa shape index (κ2) is 9.52. The zero-order valence-electron chi connectivity index (χ0n) is 11.3. The Hall–Kier alpha value is -1.37. The lowest BCUT2D eigenvalue weighted by molar-refractivity contribution is -0.385. The van der Waals surface area contributed by atoms with Gasteiger partial charge >= 0.3 is 5.69 Å². The number of hydrogen-bond donors (Lipinski definition) is 0. The van der Waals surface area contributed by atoms with Crippen molar-refractivity contribution in [2.45, 2.75) is 12.3 Å². The topological polar surface area (TPSA) is 70.8 Å². The van der Waals surface area contributed by atoms with Crippen LogP contribution in [0.15, 0.2) is 18.2 Å². The third kappa shape index (κ3) is 5.73. The lowest BCUT2D eigenvalue weighted by atomic mass is 10.2. The molecular formula is C13H18ClNO5. The normalized spacial score (nSPS) is 10.5. The van der Waals surface area contributed by atoms with Crippen molar-refractivity contribution in [2.24, 2.45) is 0 Å². The van der Waals surface area contributed by atoms with Gasteiger partial charge in [-0.15, -0.1) is 11.6 Å². The van der Waals surface area contributed by atoms with Gasteiger partial charge in [0.05, 0.1) is 11.5 Å². The summed E-state index contributed by atoms with van der Waals surface area (Å²) in [5, 5.41) is 10.9. The molecular weight excluding hydrogens is 286 g/mol. The Bertz CT molecular complexity index is 427. The minimum absolute atomic E-state index is 0.0711. The van der Waals surface area contributed by atoms with E-state index in [1.807, 2.05) is 0 Å². The number of nitrogens with zero attached hydrogens (tertiary/aromatic N) is 1. The molecule has 0 bridgehead atoms. The Balaban J connectivity index is 2.43. The molecule has 7 heteroatoms.